The van der Waals surface area contributed by atoms with Crippen molar-refractivity contribution in [1.82, 2.24) is 4.98 Å². The number of aromatic nitrogens is 1. The van der Waals surface area contributed by atoms with Crippen molar-refractivity contribution >= 4 is 18.4 Å². The normalized spacial score (nSPS) is 17.6. The number of alkyl halides is 1. The summed E-state index contributed by atoms with van der Waals surface area (Å²) in [4.78, 5) is 15.0. The van der Waals surface area contributed by atoms with Crippen molar-refractivity contribution in [2.45, 2.75) is 36.3 Å². The summed E-state index contributed by atoms with van der Waals surface area (Å²) in [6.07, 6.45) is 6.03. The molecular weight excluding hydrogens is 248 g/mol. The molecule has 0 spiro atoms. The maximum absolute atomic E-state index is 11.0. The fourth-order valence-corrected chi connectivity index (χ4v) is 2.54. The Morgan fingerprint density at radius 2 is 2.44 bits per heavy atom. The van der Waals surface area contributed by atoms with Crippen LogP contribution in [-0.2, 0) is 0 Å². The van der Waals surface area contributed by atoms with Crippen molar-refractivity contribution in [2.24, 2.45) is 5.09 Å². The van der Waals surface area contributed by atoms with E-state index >= 15 is 0 Å². The highest BCUT2D eigenvalue weighted by Gasteiger charge is 2.54. The first-order chi connectivity index (χ1) is 8.72. The molecule has 1 unspecified atom stereocenters. The van der Waals surface area contributed by atoms with Crippen molar-refractivity contribution in [1.29, 1.82) is 5.26 Å². The molecule has 1 saturated carbocycles. The average Bonchev–Trinajstić information content (AvgIpc) is 3.18. The SMILES string of the molecule is N#CCC1(B(CC(Cl)c2cccnc2)N=O)CC1. The Balaban J connectivity index is 2.04. The van der Waals surface area contributed by atoms with E-state index in [0.29, 0.717) is 12.7 Å². The van der Waals surface area contributed by atoms with E-state index in [4.69, 9.17) is 16.9 Å². The van der Waals surface area contributed by atoms with Crippen LogP contribution in [-0.4, -0.2) is 11.8 Å². The molecule has 4 nitrogen and oxygen atoms in total. The second-order valence-electron chi connectivity index (χ2n) is 4.81. The standard InChI is InChI=1S/C12H13BClN3O/c14-11(10-2-1-7-16-9-10)8-13(17-18)12(3-4-12)5-6-15/h1-2,7,9,11H,3-5,8H2. The zero-order chi connectivity index (χ0) is 13.0. The first-order valence-corrected chi connectivity index (χ1v) is 6.39. The molecule has 0 aliphatic heterocycles. The van der Waals surface area contributed by atoms with Crippen LogP contribution in [0.1, 0.15) is 30.2 Å². The maximum Gasteiger partial charge on any atom is 0.346 e. The molecule has 1 heterocycles. The van der Waals surface area contributed by atoms with Gasteiger partial charge < -0.3 is 0 Å². The number of hydrogen-bond donors (Lipinski definition) is 0. The minimum Gasteiger partial charge on any atom is -0.264 e. The molecule has 0 N–H and O–H groups in total. The molecule has 1 aromatic heterocycles. The van der Waals surface area contributed by atoms with Crippen molar-refractivity contribution in [3.8, 4) is 6.07 Å². The van der Waals surface area contributed by atoms with Crippen LogP contribution >= 0.6 is 11.6 Å². The zero-order valence-corrected chi connectivity index (χ0v) is 10.7. The highest BCUT2D eigenvalue weighted by atomic mass is 35.5. The third-order valence-corrected chi connectivity index (χ3v) is 4.06. The Hall–Kier alpha value is -1.41. The molecule has 6 heteroatoms. The summed E-state index contributed by atoms with van der Waals surface area (Å²) in [5.74, 6) is 0. The van der Waals surface area contributed by atoms with Crippen LogP contribution in [0, 0.1) is 16.2 Å². The fourth-order valence-electron chi connectivity index (χ4n) is 2.24. The van der Waals surface area contributed by atoms with Crippen LogP contribution in [0.5, 0.6) is 0 Å². The Morgan fingerprint density at radius 3 is 2.94 bits per heavy atom. The van der Waals surface area contributed by atoms with Gasteiger partial charge in [-0.3, -0.25) is 4.98 Å². The monoisotopic (exact) mass is 261 g/mol. The van der Waals surface area contributed by atoms with Crippen LogP contribution in [0.3, 0.4) is 0 Å². The smallest absolute Gasteiger partial charge is 0.264 e. The highest BCUT2D eigenvalue weighted by molar-refractivity contribution is 6.62. The molecular formula is C12H13BClN3O. The van der Waals surface area contributed by atoms with Crippen LogP contribution < -0.4 is 0 Å². The third kappa shape index (κ3) is 2.70. The number of nitriles is 1. The molecule has 0 amide bonds. The van der Waals surface area contributed by atoms with Gasteiger partial charge in [-0.05, 0) is 23.3 Å². The van der Waals surface area contributed by atoms with Gasteiger partial charge in [-0.1, -0.05) is 18.9 Å². The number of hydrogen-bond acceptors (Lipinski definition) is 4. The lowest BCUT2D eigenvalue weighted by Crippen LogP contribution is -2.21. The molecule has 1 aliphatic carbocycles. The number of nitroso groups, excluding NO2 is 1. The fraction of sp³-hybridized carbons (Fsp3) is 0.500. The molecule has 1 aromatic rings. The van der Waals surface area contributed by atoms with Crippen LogP contribution in [0.25, 0.3) is 0 Å². The van der Waals surface area contributed by atoms with E-state index in [0.717, 1.165) is 18.4 Å². The minimum absolute atomic E-state index is 0.216. The summed E-state index contributed by atoms with van der Waals surface area (Å²) in [6.45, 7) is -0.375. The summed E-state index contributed by atoms with van der Waals surface area (Å²) < 4.78 is 0. The van der Waals surface area contributed by atoms with Gasteiger partial charge >= 0.3 is 6.85 Å². The van der Waals surface area contributed by atoms with E-state index < -0.39 is 0 Å². The number of halogens is 1. The van der Waals surface area contributed by atoms with Crippen LogP contribution in [0.15, 0.2) is 29.6 Å². The maximum atomic E-state index is 11.0. The van der Waals surface area contributed by atoms with Gasteiger partial charge in [0.15, 0.2) is 0 Å². The second-order valence-corrected chi connectivity index (χ2v) is 5.33. The van der Waals surface area contributed by atoms with Gasteiger partial charge in [0.2, 0.25) is 0 Å². The molecule has 0 aromatic carbocycles. The van der Waals surface area contributed by atoms with Gasteiger partial charge in [-0.25, -0.2) is 0 Å². The van der Waals surface area contributed by atoms with E-state index in [9.17, 15) is 4.91 Å². The van der Waals surface area contributed by atoms with Gasteiger partial charge in [-0.2, -0.15) is 10.2 Å². The van der Waals surface area contributed by atoms with E-state index in [-0.39, 0.29) is 17.5 Å². The van der Waals surface area contributed by atoms with E-state index in [1.54, 1.807) is 12.4 Å². The van der Waals surface area contributed by atoms with Gasteiger partial charge in [0, 0.05) is 18.8 Å². The van der Waals surface area contributed by atoms with Crippen molar-refractivity contribution < 1.29 is 0 Å². The predicted octanol–water partition coefficient (Wildman–Crippen LogP) is 3.57. The number of nitrogens with zero attached hydrogens (tertiary/aromatic N) is 3. The van der Waals surface area contributed by atoms with Crippen LogP contribution in [0.2, 0.25) is 11.6 Å². The number of pyridine rings is 1. The first-order valence-electron chi connectivity index (χ1n) is 5.95. The molecule has 1 fully saturated rings. The minimum atomic E-state index is -0.375. The quantitative estimate of drug-likeness (QED) is 0.447. The van der Waals surface area contributed by atoms with Gasteiger partial charge in [0.1, 0.15) is 0 Å². The van der Waals surface area contributed by atoms with Gasteiger partial charge in [0.05, 0.1) is 11.4 Å². The van der Waals surface area contributed by atoms with Crippen molar-refractivity contribution in [3.05, 3.63) is 35.0 Å². The van der Waals surface area contributed by atoms with E-state index in [1.807, 2.05) is 12.1 Å². The topological polar surface area (TPSA) is 66.1 Å². The Kier molecular flexibility index (Phi) is 3.98. The summed E-state index contributed by atoms with van der Waals surface area (Å²) in [5, 5.41) is 11.5. The molecule has 18 heavy (non-hydrogen) atoms. The molecule has 1 atom stereocenters. The lowest BCUT2D eigenvalue weighted by atomic mass is 9.45. The Bertz CT molecular complexity index is 458. The Morgan fingerprint density at radius 1 is 1.67 bits per heavy atom. The summed E-state index contributed by atoms with van der Waals surface area (Å²) >= 11 is 6.29. The lowest BCUT2D eigenvalue weighted by molar-refractivity contribution is 0.841. The number of rotatable bonds is 6. The van der Waals surface area contributed by atoms with Gasteiger partial charge in [-0.15, -0.1) is 16.7 Å². The second kappa shape index (κ2) is 5.49. The zero-order valence-electron chi connectivity index (χ0n) is 9.92. The summed E-state index contributed by atoms with van der Waals surface area (Å²) in [7, 11) is 0. The molecule has 0 bridgehead atoms. The largest absolute Gasteiger partial charge is 0.346 e. The summed E-state index contributed by atoms with van der Waals surface area (Å²) in [5.41, 5.74) is 0.889. The third-order valence-electron chi connectivity index (χ3n) is 3.63. The van der Waals surface area contributed by atoms with E-state index in [1.165, 1.54) is 0 Å². The lowest BCUT2D eigenvalue weighted by Gasteiger charge is -2.17. The van der Waals surface area contributed by atoms with Crippen molar-refractivity contribution in [3.63, 3.8) is 0 Å². The van der Waals surface area contributed by atoms with Gasteiger partial charge in [0.25, 0.3) is 0 Å². The van der Waals surface area contributed by atoms with Crippen LogP contribution in [0.4, 0.5) is 0 Å². The van der Waals surface area contributed by atoms with Crippen molar-refractivity contribution in [2.75, 3.05) is 0 Å². The first kappa shape index (κ1) is 13.0. The molecule has 92 valence electrons. The predicted molar refractivity (Wildman–Crippen MR) is 71.3 cm³/mol. The molecule has 1 aliphatic rings. The highest BCUT2D eigenvalue weighted by Crippen LogP contribution is 2.60. The van der Waals surface area contributed by atoms with E-state index in [2.05, 4.69) is 16.1 Å². The Labute approximate surface area is 111 Å². The molecule has 0 saturated heterocycles. The average molecular weight is 262 g/mol. The molecule has 2 rings (SSSR count). The molecule has 0 radical (unpaired) electrons. The summed E-state index contributed by atoms with van der Waals surface area (Å²) in [6, 6.07) is 5.84.